The molecule has 0 saturated carbocycles. The van der Waals surface area contributed by atoms with Gasteiger partial charge in [0.15, 0.2) is 5.76 Å². The molecule has 0 radical (unpaired) electrons. The van der Waals surface area contributed by atoms with E-state index in [1.54, 1.807) is 44.4 Å². The maximum Gasteiger partial charge on any atom is 0.315 e. The maximum absolute atomic E-state index is 12.8. The van der Waals surface area contributed by atoms with Crippen molar-refractivity contribution < 1.29 is 23.8 Å². The first-order chi connectivity index (χ1) is 15.0. The summed E-state index contributed by atoms with van der Waals surface area (Å²) in [4.78, 5) is 25.2. The third-order valence-corrected chi connectivity index (χ3v) is 5.68. The van der Waals surface area contributed by atoms with E-state index in [-0.39, 0.29) is 18.0 Å². The molecule has 6 heteroatoms. The van der Waals surface area contributed by atoms with E-state index in [0.29, 0.717) is 22.6 Å². The largest absolute Gasteiger partial charge is 0.497 e. The summed E-state index contributed by atoms with van der Waals surface area (Å²) in [5.74, 6) is 1.13. The number of fused-ring (bicyclic) bond motifs is 1. The van der Waals surface area contributed by atoms with E-state index in [4.69, 9.17) is 14.2 Å². The molecule has 5 nitrogen and oxygen atoms in total. The van der Waals surface area contributed by atoms with Crippen LogP contribution in [-0.4, -0.2) is 18.9 Å². The van der Waals surface area contributed by atoms with Gasteiger partial charge in [0.25, 0.3) is 0 Å². The Morgan fingerprint density at radius 3 is 2.52 bits per heavy atom. The minimum absolute atomic E-state index is 0.119. The van der Waals surface area contributed by atoms with Crippen molar-refractivity contribution in [3.05, 3.63) is 93.1 Å². The monoisotopic (exact) mass is 478 g/mol. The zero-order chi connectivity index (χ0) is 22.0. The molecule has 0 aliphatic carbocycles. The van der Waals surface area contributed by atoms with Crippen LogP contribution in [0.15, 0.2) is 70.9 Å². The minimum Gasteiger partial charge on any atom is -0.497 e. The van der Waals surface area contributed by atoms with Gasteiger partial charge in [-0.3, -0.25) is 9.59 Å². The molecule has 3 aromatic carbocycles. The molecular weight excluding hydrogens is 460 g/mol. The Morgan fingerprint density at radius 2 is 1.81 bits per heavy atom. The van der Waals surface area contributed by atoms with Gasteiger partial charge in [-0.15, -0.1) is 0 Å². The molecule has 0 spiro atoms. The van der Waals surface area contributed by atoms with Crippen LogP contribution in [0.2, 0.25) is 0 Å². The van der Waals surface area contributed by atoms with Gasteiger partial charge in [-0.1, -0.05) is 46.3 Å². The lowest BCUT2D eigenvalue weighted by molar-refractivity contribution is -0.133. The molecule has 1 aliphatic heterocycles. The Bertz CT molecular complexity index is 1200. The van der Waals surface area contributed by atoms with Gasteiger partial charge in [0.05, 0.1) is 19.1 Å². The van der Waals surface area contributed by atoms with E-state index in [0.717, 1.165) is 21.3 Å². The van der Waals surface area contributed by atoms with Crippen LogP contribution < -0.4 is 14.2 Å². The second-order valence-corrected chi connectivity index (χ2v) is 7.88. The summed E-state index contributed by atoms with van der Waals surface area (Å²) in [6.07, 6.45) is 1.81. The fraction of sp³-hybridized carbons (Fsp3) is 0.120. The predicted octanol–water partition coefficient (Wildman–Crippen LogP) is 5.53. The summed E-state index contributed by atoms with van der Waals surface area (Å²) >= 11 is 3.47. The lowest BCUT2D eigenvalue weighted by atomic mass is 10.1. The number of carbonyl (C=O) groups excluding carboxylic acids is 2. The van der Waals surface area contributed by atoms with Crippen LogP contribution >= 0.6 is 15.9 Å². The van der Waals surface area contributed by atoms with Gasteiger partial charge in [0.2, 0.25) is 5.78 Å². The summed E-state index contributed by atoms with van der Waals surface area (Å²) in [5, 5.41) is 0. The quantitative estimate of drug-likeness (QED) is 0.274. The van der Waals surface area contributed by atoms with Crippen LogP contribution in [-0.2, 0) is 11.2 Å². The summed E-state index contributed by atoms with van der Waals surface area (Å²) in [7, 11) is 1.59. The minimum atomic E-state index is -0.401. The lowest BCUT2D eigenvalue weighted by Crippen LogP contribution is -2.12. The molecule has 0 atom stereocenters. The second-order valence-electron chi connectivity index (χ2n) is 7.03. The van der Waals surface area contributed by atoms with Gasteiger partial charge in [-0.25, -0.2) is 0 Å². The van der Waals surface area contributed by atoms with Gasteiger partial charge >= 0.3 is 5.97 Å². The summed E-state index contributed by atoms with van der Waals surface area (Å²) in [5.41, 5.74) is 2.70. The number of ether oxygens (including phenoxy) is 3. The number of carbonyl (C=O) groups is 2. The van der Waals surface area contributed by atoms with Crippen molar-refractivity contribution in [2.45, 2.75) is 13.3 Å². The van der Waals surface area contributed by atoms with Crippen molar-refractivity contribution in [2.75, 3.05) is 7.11 Å². The van der Waals surface area contributed by atoms with E-state index < -0.39 is 5.97 Å². The van der Waals surface area contributed by atoms with E-state index in [1.807, 2.05) is 36.4 Å². The molecule has 4 rings (SSSR count). The number of halogens is 1. The van der Waals surface area contributed by atoms with Crippen molar-refractivity contribution >= 4 is 33.8 Å². The SMILES string of the molecule is COc1ccc(CC(=O)Oc2ccc3c(c2C)O/C(=C\c2ccccc2Br)C3=O)cc1. The van der Waals surface area contributed by atoms with Crippen LogP contribution in [0, 0.1) is 6.92 Å². The highest BCUT2D eigenvalue weighted by atomic mass is 79.9. The number of rotatable bonds is 5. The molecule has 0 amide bonds. The normalized spacial score (nSPS) is 13.6. The number of methoxy groups -OCH3 is 1. The summed E-state index contributed by atoms with van der Waals surface area (Å²) < 4.78 is 17.4. The Balaban J connectivity index is 1.52. The fourth-order valence-electron chi connectivity index (χ4n) is 3.28. The van der Waals surface area contributed by atoms with E-state index in [1.165, 1.54) is 0 Å². The highest BCUT2D eigenvalue weighted by molar-refractivity contribution is 9.10. The predicted molar refractivity (Wildman–Crippen MR) is 121 cm³/mol. The number of allylic oxidation sites excluding steroid dienone is 1. The molecule has 31 heavy (non-hydrogen) atoms. The zero-order valence-electron chi connectivity index (χ0n) is 17.0. The number of hydrogen-bond acceptors (Lipinski definition) is 5. The topological polar surface area (TPSA) is 61.8 Å². The molecule has 0 fully saturated rings. The summed E-state index contributed by atoms with van der Waals surface area (Å²) in [6.45, 7) is 1.77. The maximum atomic E-state index is 12.8. The van der Waals surface area contributed by atoms with Gasteiger partial charge in [-0.2, -0.15) is 0 Å². The lowest BCUT2D eigenvalue weighted by Gasteiger charge is -2.10. The van der Waals surface area contributed by atoms with Crippen molar-refractivity contribution in [1.82, 2.24) is 0 Å². The molecule has 0 saturated heterocycles. The number of ketones is 1. The van der Waals surface area contributed by atoms with Crippen molar-refractivity contribution in [2.24, 2.45) is 0 Å². The molecule has 1 aliphatic rings. The first-order valence-electron chi connectivity index (χ1n) is 9.62. The molecule has 0 unspecified atom stereocenters. The van der Waals surface area contributed by atoms with Crippen molar-refractivity contribution in [3.8, 4) is 17.2 Å². The first-order valence-corrected chi connectivity index (χ1v) is 10.4. The van der Waals surface area contributed by atoms with Crippen molar-refractivity contribution in [3.63, 3.8) is 0 Å². The second kappa shape index (κ2) is 8.78. The third-order valence-electron chi connectivity index (χ3n) is 4.96. The van der Waals surface area contributed by atoms with Crippen LogP contribution in [0.25, 0.3) is 6.08 Å². The van der Waals surface area contributed by atoms with Gasteiger partial charge in [0, 0.05) is 10.0 Å². The Labute approximate surface area is 188 Å². The Hall–Kier alpha value is -3.38. The fourth-order valence-corrected chi connectivity index (χ4v) is 3.68. The molecule has 0 bridgehead atoms. The highest BCUT2D eigenvalue weighted by Gasteiger charge is 2.30. The van der Waals surface area contributed by atoms with Gasteiger partial charge < -0.3 is 14.2 Å². The Morgan fingerprint density at radius 1 is 1.06 bits per heavy atom. The average Bonchev–Trinajstić information content (AvgIpc) is 3.08. The average molecular weight is 479 g/mol. The van der Waals surface area contributed by atoms with E-state index >= 15 is 0 Å². The van der Waals surface area contributed by atoms with Gasteiger partial charge in [0.1, 0.15) is 17.2 Å². The van der Waals surface area contributed by atoms with Gasteiger partial charge in [-0.05, 0) is 54.5 Å². The molecule has 1 heterocycles. The van der Waals surface area contributed by atoms with E-state index in [9.17, 15) is 9.59 Å². The molecule has 156 valence electrons. The van der Waals surface area contributed by atoms with Crippen LogP contribution in [0.4, 0.5) is 0 Å². The smallest absolute Gasteiger partial charge is 0.315 e. The molecule has 0 aromatic heterocycles. The molecular formula is C25H19BrO5. The van der Waals surface area contributed by atoms with Crippen LogP contribution in [0.5, 0.6) is 17.2 Å². The Kier molecular flexibility index (Phi) is 5.91. The highest BCUT2D eigenvalue weighted by Crippen LogP contribution is 2.39. The third kappa shape index (κ3) is 4.39. The van der Waals surface area contributed by atoms with Crippen LogP contribution in [0.3, 0.4) is 0 Å². The molecule has 0 N–H and O–H groups in total. The standard InChI is InChI=1S/C25H19BrO5/c1-15-21(30-23(27)13-16-7-9-18(29-2)10-8-16)12-11-19-24(28)22(31-25(15)19)14-17-5-3-4-6-20(17)26/h3-12,14H,13H2,1-2H3/b22-14-. The number of esters is 1. The van der Waals surface area contributed by atoms with E-state index in [2.05, 4.69) is 15.9 Å². The molecule has 3 aromatic rings. The number of benzene rings is 3. The number of Topliss-reactive ketones (excluding diaryl/α,β-unsaturated/α-hetero) is 1. The zero-order valence-corrected chi connectivity index (χ0v) is 18.6. The summed E-state index contributed by atoms with van der Waals surface area (Å²) in [6, 6.07) is 18.0. The van der Waals surface area contributed by atoms with Crippen LogP contribution in [0.1, 0.15) is 27.0 Å². The first kappa shape index (κ1) is 20.9. The van der Waals surface area contributed by atoms with Crippen molar-refractivity contribution in [1.29, 1.82) is 0 Å². The number of hydrogen-bond donors (Lipinski definition) is 0.